The second-order valence-electron chi connectivity index (χ2n) is 2.18. The van der Waals surface area contributed by atoms with Crippen LogP contribution in [0.5, 0.6) is 0 Å². The van der Waals surface area contributed by atoms with Crippen LogP contribution in [-0.2, 0) is 0 Å². The number of benzene rings is 1. The molecule has 0 amide bonds. The predicted molar refractivity (Wildman–Crippen MR) is 49.5 cm³/mol. The van der Waals surface area contributed by atoms with Crippen LogP contribution in [0, 0.1) is 5.82 Å². The average Bonchev–Trinajstić information content (AvgIpc) is 2.08. The van der Waals surface area contributed by atoms with Gasteiger partial charge in [0.15, 0.2) is 5.78 Å². The van der Waals surface area contributed by atoms with Gasteiger partial charge in [-0.25, -0.2) is 4.39 Å². The fourth-order valence-electron chi connectivity index (χ4n) is 0.783. The average molecular weight is 251 g/mol. The zero-order valence-corrected chi connectivity index (χ0v) is 8.32. The molecule has 0 saturated heterocycles. The minimum atomic E-state index is -0.455. The van der Waals surface area contributed by atoms with E-state index in [1.807, 2.05) is 0 Å². The summed E-state index contributed by atoms with van der Waals surface area (Å²) in [6.45, 7) is 0. The lowest BCUT2D eigenvalue weighted by atomic mass is 10.1. The number of Topliss-reactive ketones (excluding diaryl/α,β-unsaturated/α-hetero) is 1. The van der Waals surface area contributed by atoms with Crippen LogP contribution in [0.4, 0.5) is 4.39 Å². The molecule has 0 N–H and O–H groups in total. The molecule has 0 bridgehead atoms. The van der Waals surface area contributed by atoms with Crippen molar-refractivity contribution in [2.75, 3.05) is 5.33 Å². The Morgan fingerprint density at radius 1 is 1.58 bits per heavy atom. The second-order valence-corrected chi connectivity index (χ2v) is 3.15. The zero-order valence-electron chi connectivity index (χ0n) is 5.98. The maximum Gasteiger partial charge on any atom is 0.174 e. The topological polar surface area (TPSA) is 17.1 Å². The van der Waals surface area contributed by atoms with E-state index in [9.17, 15) is 9.18 Å². The van der Waals surface area contributed by atoms with Crippen molar-refractivity contribution >= 4 is 33.3 Å². The van der Waals surface area contributed by atoms with Crippen molar-refractivity contribution in [1.82, 2.24) is 0 Å². The first-order valence-electron chi connectivity index (χ1n) is 3.19. The van der Waals surface area contributed by atoms with Gasteiger partial charge in [-0.1, -0.05) is 27.5 Å². The summed E-state index contributed by atoms with van der Waals surface area (Å²) in [7, 11) is 0. The first-order chi connectivity index (χ1) is 5.65. The van der Waals surface area contributed by atoms with E-state index in [1.54, 1.807) is 0 Å². The normalized spacial score (nSPS) is 9.92. The third-order valence-corrected chi connectivity index (χ3v) is 2.19. The van der Waals surface area contributed by atoms with E-state index in [0.29, 0.717) is 0 Å². The van der Waals surface area contributed by atoms with Crippen LogP contribution in [0.1, 0.15) is 10.4 Å². The van der Waals surface area contributed by atoms with Crippen LogP contribution < -0.4 is 0 Å². The highest BCUT2D eigenvalue weighted by Gasteiger charge is 2.09. The molecule has 0 atom stereocenters. The summed E-state index contributed by atoms with van der Waals surface area (Å²) in [5.41, 5.74) is 0.216. The Kier molecular flexibility index (Phi) is 3.23. The lowest BCUT2D eigenvalue weighted by Crippen LogP contribution is -2.01. The molecule has 1 nitrogen and oxygen atoms in total. The summed E-state index contributed by atoms with van der Waals surface area (Å²) in [6, 6.07) is 3.71. The largest absolute Gasteiger partial charge is 0.293 e. The van der Waals surface area contributed by atoms with Crippen molar-refractivity contribution in [3.8, 4) is 0 Å². The van der Waals surface area contributed by atoms with Crippen LogP contribution in [0.25, 0.3) is 0 Å². The first kappa shape index (κ1) is 9.68. The van der Waals surface area contributed by atoms with E-state index < -0.39 is 5.82 Å². The fraction of sp³-hybridized carbons (Fsp3) is 0.125. The number of hydrogen-bond donors (Lipinski definition) is 0. The Bertz CT molecular complexity index is 314. The quantitative estimate of drug-likeness (QED) is 0.583. The maximum atomic E-state index is 12.6. The Labute approximate surface area is 82.7 Å². The van der Waals surface area contributed by atoms with Crippen molar-refractivity contribution in [1.29, 1.82) is 0 Å². The molecule has 0 heterocycles. The molecule has 1 rings (SSSR count). The molecule has 0 aliphatic carbocycles. The summed E-state index contributed by atoms with van der Waals surface area (Å²) in [5.74, 6) is -0.678. The summed E-state index contributed by atoms with van der Waals surface area (Å²) >= 11 is 8.64. The minimum absolute atomic E-state index is 0.149. The monoisotopic (exact) mass is 250 g/mol. The molecule has 0 saturated carbocycles. The van der Waals surface area contributed by atoms with Gasteiger partial charge in [-0.2, -0.15) is 0 Å². The highest BCUT2D eigenvalue weighted by atomic mass is 79.9. The van der Waals surface area contributed by atoms with Crippen LogP contribution in [0.15, 0.2) is 18.2 Å². The number of ketones is 1. The zero-order chi connectivity index (χ0) is 9.14. The molecule has 0 aliphatic heterocycles. The van der Waals surface area contributed by atoms with Crippen molar-refractivity contribution in [2.45, 2.75) is 0 Å². The molecule has 0 unspecified atom stereocenters. The van der Waals surface area contributed by atoms with Crippen molar-refractivity contribution in [3.63, 3.8) is 0 Å². The molecule has 0 aliphatic rings. The molecule has 4 heteroatoms. The van der Waals surface area contributed by atoms with Gasteiger partial charge in [-0.15, -0.1) is 0 Å². The van der Waals surface area contributed by atoms with Crippen LogP contribution in [0.2, 0.25) is 5.02 Å². The highest BCUT2D eigenvalue weighted by molar-refractivity contribution is 9.09. The van der Waals surface area contributed by atoms with E-state index in [-0.39, 0.29) is 21.7 Å². The molecule has 0 aromatic heterocycles. The smallest absolute Gasteiger partial charge is 0.174 e. The molecular weight excluding hydrogens is 246 g/mol. The van der Waals surface area contributed by atoms with Crippen molar-refractivity contribution < 1.29 is 9.18 Å². The van der Waals surface area contributed by atoms with E-state index in [2.05, 4.69) is 15.9 Å². The van der Waals surface area contributed by atoms with Crippen molar-refractivity contribution in [2.24, 2.45) is 0 Å². The third-order valence-electron chi connectivity index (χ3n) is 1.35. The summed E-state index contributed by atoms with van der Waals surface area (Å²) < 4.78 is 12.6. The first-order valence-corrected chi connectivity index (χ1v) is 4.69. The van der Waals surface area contributed by atoms with Crippen LogP contribution >= 0.6 is 27.5 Å². The molecule has 0 radical (unpaired) electrons. The fourth-order valence-corrected chi connectivity index (χ4v) is 1.31. The maximum absolute atomic E-state index is 12.6. The van der Waals surface area contributed by atoms with Crippen LogP contribution in [-0.4, -0.2) is 11.1 Å². The number of carbonyl (C=O) groups excluding carboxylic acids is 1. The van der Waals surface area contributed by atoms with Gasteiger partial charge >= 0.3 is 0 Å². The number of carbonyl (C=O) groups is 1. The van der Waals surface area contributed by atoms with Gasteiger partial charge in [0, 0.05) is 5.56 Å². The molecule has 1 aromatic rings. The molecule has 0 fully saturated rings. The lowest BCUT2D eigenvalue weighted by Gasteiger charge is -1.99. The second kappa shape index (κ2) is 4.01. The van der Waals surface area contributed by atoms with Gasteiger partial charge in [0.1, 0.15) is 5.82 Å². The summed E-state index contributed by atoms with van der Waals surface area (Å²) in [4.78, 5) is 11.1. The van der Waals surface area contributed by atoms with Gasteiger partial charge in [0.05, 0.1) is 10.4 Å². The number of halogens is 3. The van der Waals surface area contributed by atoms with Crippen molar-refractivity contribution in [3.05, 3.63) is 34.6 Å². The Morgan fingerprint density at radius 2 is 2.25 bits per heavy atom. The van der Waals surface area contributed by atoms with Gasteiger partial charge in [-0.3, -0.25) is 4.79 Å². The van der Waals surface area contributed by atoms with Gasteiger partial charge in [0.2, 0.25) is 0 Å². The highest BCUT2D eigenvalue weighted by Crippen LogP contribution is 2.17. The van der Waals surface area contributed by atoms with E-state index in [0.717, 1.165) is 6.07 Å². The molecule has 0 spiro atoms. The number of hydrogen-bond acceptors (Lipinski definition) is 1. The summed E-state index contributed by atoms with van der Waals surface area (Å²) in [5, 5.41) is 0.428. The van der Waals surface area contributed by atoms with E-state index >= 15 is 0 Å². The molecule has 1 aromatic carbocycles. The Hall–Kier alpha value is -0.410. The third kappa shape index (κ3) is 2.05. The molecular formula is C8H5BrClFO. The standard InChI is InChI=1S/C8H5BrClFO/c9-4-8(12)6-3-5(11)1-2-7(6)10/h1-3H,4H2. The Morgan fingerprint density at radius 3 is 2.83 bits per heavy atom. The SMILES string of the molecule is O=C(CBr)c1cc(F)ccc1Cl. The predicted octanol–water partition coefficient (Wildman–Crippen LogP) is 3.06. The van der Waals surface area contributed by atoms with Gasteiger partial charge in [-0.05, 0) is 18.2 Å². The number of alkyl halides is 1. The summed E-state index contributed by atoms with van der Waals surface area (Å²) in [6.07, 6.45) is 0. The van der Waals surface area contributed by atoms with E-state index in [1.165, 1.54) is 12.1 Å². The minimum Gasteiger partial charge on any atom is -0.293 e. The molecule has 64 valence electrons. The Balaban J connectivity index is 3.13. The number of rotatable bonds is 2. The molecule has 12 heavy (non-hydrogen) atoms. The van der Waals surface area contributed by atoms with Gasteiger partial charge < -0.3 is 0 Å². The lowest BCUT2D eigenvalue weighted by molar-refractivity contribution is 0.102. The van der Waals surface area contributed by atoms with Crippen LogP contribution in [0.3, 0.4) is 0 Å². The van der Waals surface area contributed by atoms with E-state index in [4.69, 9.17) is 11.6 Å². The van der Waals surface area contributed by atoms with Gasteiger partial charge in [0.25, 0.3) is 0 Å².